The monoisotopic (exact) mass is 143 g/mol. The third kappa shape index (κ3) is 1.31. The molecule has 2 atom stereocenters. The van der Waals surface area contributed by atoms with E-state index in [0.717, 1.165) is 18.9 Å². The van der Waals surface area contributed by atoms with Crippen LogP contribution in [0.25, 0.3) is 0 Å². The van der Waals surface area contributed by atoms with Gasteiger partial charge in [0.05, 0.1) is 0 Å². The van der Waals surface area contributed by atoms with Gasteiger partial charge in [-0.05, 0) is 12.3 Å². The van der Waals surface area contributed by atoms with Crippen LogP contribution in [0.3, 0.4) is 0 Å². The molecule has 2 unspecified atom stereocenters. The molecule has 1 saturated heterocycles. The molecule has 0 spiro atoms. The van der Waals surface area contributed by atoms with Crippen LogP contribution in [-0.4, -0.2) is 19.3 Å². The van der Waals surface area contributed by atoms with Gasteiger partial charge in [0.1, 0.15) is 6.17 Å². The first-order valence-electron chi connectivity index (χ1n) is 4.21. The Morgan fingerprint density at radius 1 is 1.30 bits per heavy atom. The normalized spacial score (nSPS) is 40.5. The third-order valence-corrected chi connectivity index (χ3v) is 2.59. The quantitative estimate of drug-likeness (QED) is 0.615. The first kappa shape index (κ1) is 6.59. The molecule has 0 aromatic rings. The van der Waals surface area contributed by atoms with Crippen LogP contribution in [0.15, 0.2) is 0 Å². The van der Waals surface area contributed by atoms with E-state index in [0.29, 0.717) is 12.5 Å². The van der Waals surface area contributed by atoms with Gasteiger partial charge in [-0.15, -0.1) is 0 Å². The lowest BCUT2D eigenvalue weighted by molar-refractivity contribution is 0.265. The van der Waals surface area contributed by atoms with Crippen LogP contribution in [0.4, 0.5) is 4.39 Å². The summed E-state index contributed by atoms with van der Waals surface area (Å²) in [7, 11) is 0. The van der Waals surface area contributed by atoms with Crippen LogP contribution in [0.1, 0.15) is 19.3 Å². The number of alkyl halides is 1. The molecule has 2 heteroatoms. The van der Waals surface area contributed by atoms with Crippen LogP contribution < -0.4 is 5.32 Å². The van der Waals surface area contributed by atoms with E-state index in [1.165, 1.54) is 12.8 Å². The Morgan fingerprint density at radius 3 is 2.60 bits per heavy atom. The molecule has 2 aliphatic rings. The summed E-state index contributed by atoms with van der Waals surface area (Å²) in [6, 6.07) is 0. The molecular formula is C8H14FN. The largest absolute Gasteiger partial charge is 0.313 e. The summed E-state index contributed by atoms with van der Waals surface area (Å²) in [6.07, 6.45) is 3.28. The van der Waals surface area contributed by atoms with Gasteiger partial charge < -0.3 is 5.32 Å². The van der Waals surface area contributed by atoms with Crippen molar-refractivity contribution in [2.45, 2.75) is 25.4 Å². The summed E-state index contributed by atoms with van der Waals surface area (Å²) in [5.74, 6) is 1.22. The van der Waals surface area contributed by atoms with Gasteiger partial charge in [-0.1, -0.05) is 12.8 Å². The molecule has 0 radical (unpaired) electrons. The zero-order chi connectivity index (χ0) is 6.97. The summed E-state index contributed by atoms with van der Waals surface area (Å²) in [4.78, 5) is 0. The Kier molecular flexibility index (Phi) is 1.65. The van der Waals surface area contributed by atoms with Crippen molar-refractivity contribution in [3.8, 4) is 0 Å². The van der Waals surface area contributed by atoms with Crippen molar-refractivity contribution in [1.82, 2.24) is 5.32 Å². The minimum Gasteiger partial charge on any atom is -0.313 e. The second kappa shape index (κ2) is 2.50. The maximum Gasteiger partial charge on any atom is 0.116 e. The predicted molar refractivity (Wildman–Crippen MR) is 38.6 cm³/mol. The topological polar surface area (TPSA) is 12.0 Å². The molecule has 1 nitrogen and oxygen atoms in total. The summed E-state index contributed by atoms with van der Waals surface area (Å²) in [6.45, 7) is 1.51. The molecule has 0 amide bonds. The van der Waals surface area contributed by atoms with Gasteiger partial charge in [-0.2, -0.15) is 0 Å². The third-order valence-electron chi connectivity index (χ3n) is 2.59. The highest BCUT2D eigenvalue weighted by molar-refractivity contribution is 4.86. The Hall–Kier alpha value is -0.110. The fourth-order valence-corrected chi connectivity index (χ4v) is 1.71. The minimum atomic E-state index is -0.555. The van der Waals surface area contributed by atoms with E-state index in [9.17, 15) is 4.39 Å². The minimum absolute atomic E-state index is 0.340. The van der Waals surface area contributed by atoms with Crippen molar-refractivity contribution in [2.75, 3.05) is 13.1 Å². The number of hydrogen-bond donors (Lipinski definition) is 1. The van der Waals surface area contributed by atoms with Crippen LogP contribution in [-0.2, 0) is 0 Å². The van der Waals surface area contributed by atoms with Gasteiger partial charge in [0.25, 0.3) is 0 Å². The van der Waals surface area contributed by atoms with Crippen LogP contribution >= 0.6 is 0 Å². The fourth-order valence-electron chi connectivity index (χ4n) is 1.71. The Labute approximate surface area is 61.0 Å². The van der Waals surface area contributed by atoms with E-state index in [4.69, 9.17) is 0 Å². The molecule has 1 aliphatic carbocycles. The highest BCUT2D eigenvalue weighted by Crippen LogP contribution is 2.37. The predicted octanol–water partition coefficient (Wildman–Crippen LogP) is 1.34. The summed E-state index contributed by atoms with van der Waals surface area (Å²) < 4.78 is 12.9. The van der Waals surface area contributed by atoms with E-state index in [2.05, 4.69) is 5.32 Å². The van der Waals surface area contributed by atoms with Crippen molar-refractivity contribution < 1.29 is 4.39 Å². The SMILES string of the molecule is FC1CNCC1CC1CC1. The van der Waals surface area contributed by atoms with Crippen molar-refractivity contribution in [2.24, 2.45) is 11.8 Å². The molecule has 0 aromatic heterocycles. The zero-order valence-electron chi connectivity index (χ0n) is 6.15. The zero-order valence-corrected chi connectivity index (χ0v) is 6.15. The molecule has 1 heterocycles. The number of halogens is 1. The van der Waals surface area contributed by atoms with E-state index >= 15 is 0 Å². The average Bonchev–Trinajstić information content (AvgIpc) is 2.62. The molecule has 10 heavy (non-hydrogen) atoms. The Bertz CT molecular complexity index is 122. The van der Waals surface area contributed by atoms with Crippen LogP contribution in [0, 0.1) is 11.8 Å². The van der Waals surface area contributed by atoms with E-state index < -0.39 is 6.17 Å². The number of nitrogens with one attached hydrogen (secondary N) is 1. The molecule has 58 valence electrons. The molecule has 0 aromatic carbocycles. The molecule has 0 bridgehead atoms. The van der Waals surface area contributed by atoms with Gasteiger partial charge in [-0.3, -0.25) is 0 Å². The van der Waals surface area contributed by atoms with Crippen LogP contribution in [0.5, 0.6) is 0 Å². The maximum atomic E-state index is 12.9. The van der Waals surface area contributed by atoms with E-state index in [1.807, 2.05) is 0 Å². The summed E-state index contributed by atoms with van der Waals surface area (Å²) in [5.41, 5.74) is 0. The lowest BCUT2D eigenvalue weighted by Crippen LogP contribution is -2.13. The summed E-state index contributed by atoms with van der Waals surface area (Å²) in [5, 5.41) is 3.08. The van der Waals surface area contributed by atoms with Crippen LogP contribution in [0.2, 0.25) is 0 Å². The molecule has 1 saturated carbocycles. The maximum absolute atomic E-state index is 12.9. The lowest BCUT2D eigenvalue weighted by atomic mass is 10.0. The lowest BCUT2D eigenvalue weighted by Gasteiger charge is -2.08. The first-order chi connectivity index (χ1) is 4.86. The van der Waals surface area contributed by atoms with Gasteiger partial charge >= 0.3 is 0 Å². The molecule has 2 rings (SSSR count). The van der Waals surface area contributed by atoms with Crippen molar-refractivity contribution >= 4 is 0 Å². The van der Waals surface area contributed by atoms with Gasteiger partial charge in [0.15, 0.2) is 0 Å². The Morgan fingerprint density at radius 2 is 2.10 bits per heavy atom. The Balaban J connectivity index is 1.79. The number of hydrogen-bond acceptors (Lipinski definition) is 1. The molecule has 2 fully saturated rings. The van der Waals surface area contributed by atoms with Gasteiger partial charge in [0.2, 0.25) is 0 Å². The molecule has 1 N–H and O–H groups in total. The molecular weight excluding hydrogens is 129 g/mol. The molecule has 1 aliphatic heterocycles. The first-order valence-corrected chi connectivity index (χ1v) is 4.21. The fraction of sp³-hybridized carbons (Fsp3) is 1.00. The van der Waals surface area contributed by atoms with Gasteiger partial charge in [-0.25, -0.2) is 4.39 Å². The highest BCUT2D eigenvalue weighted by Gasteiger charge is 2.32. The average molecular weight is 143 g/mol. The number of rotatable bonds is 2. The summed E-state index contributed by atoms with van der Waals surface area (Å²) >= 11 is 0. The smallest absolute Gasteiger partial charge is 0.116 e. The second-order valence-corrected chi connectivity index (χ2v) is 3.61. The van der Waals surface area contributed by atoms with E-state index in [-0.39, 0.29) is 0 Å². The standard InChI is InChI=1S/C8H14FN/c9-8-5-10-4-7(8)3-6-1-2-6/h6-8,10H,1-5H2. The highest BCUT2D eigenvalue weighted by atomic mass is 19.1. The second-order valence-electron chi connectivity index (χ2n) is 3.61. The van der Waals surface area contributed by atoms with Crippen molar-refractivity contribution in [1.29, 1.82) is 0 Å². The van der Waals surface area contributed by atoms with Crippen molar-refractivity contribution in [3.63, 3.8) is 0 Å². The van der Waals surface area contributed by atoms with Gasteiger partial charge in [0, 0.05) is 19.0 Å². The van der Waals surface area contributed by atoms with Crippen molar-refractivity contribution in [3.05, 3.63) is 0 Å². The van der Waals surface area contributed by atoms with E-state index in [1.54, 1.807) is 0 Å².